The summed E-state index contributed by atoms with van der Waals surface area (Å²) < 4.78 is 25.8. The largest absolute Gasteiger partial charge is 0.315 e. The second-order valence-corrected chi connectivity index (χ2v) is 7.26. The van der Waals surface area contributed by atoms with Crippen molar-refractivity contribution in [3.63, 3.8) is 0 Å². The summed E-state index contributed by atoms with van der Waals surface area (Å²) in [5.74, 6) is -0.0624. The smallest absolute Gasteiger partial charge is 0.204 e. The second-order valence-electron chi connectivity index (χ2n) is 7.26. The maximum absolute atomic E-state index is 14.2. The van der Waals surface area contributed by atoms with E-state index in [-0.39, 0.29) is 11.8 Å². The summed E-state index contributed by atoms with van der Waals surface area (Å²) in [7, 11) is 0. The van der Waals surface area contributed by atoms with Crippen LogP contribution in [0.1, 0.15) is 46.5 Å². The van der Waals surface area contributed by atoms with Gasteiger partial charge in [-0.2, -0.15) is 0 Å². The lowest BCUT2D eigenvalue weighted by Gasteiger charge is -2.59. The molecular weight excluding hydrogens is 263 g/mol. The molecular formula is C15H23FO4. The fraction of sp³-hybridized carbons (Fsp3) is 1.00. The van der Waals surface area contributed by atoms with Gasteiger partial charge in [0.1, 0.15) is 0 Å². The number of ether oxygens (including phenoxy) is 2. The molecule has 0 aromatic rings. The Morgan fingerprint density at radius 3 is 2.65 bits per heavy atom. The highest BCUT2D eigenvalue weighted by atomic mass is 19.1. The first kappa shape index (κ1) is 13.4. The number of halogens is 1. The van der Waals surface area contributed by atoms with Crippen LogP contribution in [-0.2, 0) is 19.2 Å². The lowest BCUT2D eigenvalue weighted by Crippen LogP contribution is -2.69. The van der Waals surface area contributed by atoms with Gasteiger partial charge in [0.05, 0.1) is 0 Å². The maximum atomic E-state index is 14.2. The minimum atomic E-state index is -1.28. The highest BCUT2D eigenvalue weighted by Crippen LogP contribution is 2.60. The normalized spacial score (nSPS) is 61.8. The van der Waals surface area contributed by atoms with Gasteiger partial charge in [0, 0.05) is 18.3 Å². The molecule has 5 heteroatoms. The van der Waals surface area contributed by atoms with Crippen molar-refractivity contribution in [1.29, 1.82) is 0 Å². The first-order chi connectivity index (χ1) is 9.46. The molecule has 0 aromatic carbocycles. The second kappa shape index (κ2) is 4.15. The molecule has 20 heavy (non-hydrogen) atoms. The van der Waals surface area contributed by atoms with Crippen molar-refractivity contribution >= 4 is 0 Å². The topological polar surface area (TPSA) is 36.9 Å². The van der Waals surface area contributed by atoms with Gasteiger partial charge in [-0.3, -0.25) is 0 Å². The van der Waals surface area contributed by atoms with Gasteiger partial charge in [0.2, 0.25) is 12.1 Å². The molecule has 2 bridgehead atoms. The van der Waals surface area contributed by atoms with E-state index in [0.29, 0.717) is 11.8 Å². The Bertz CT molecular complexity index is 415. The van der Waals surface area contributed by atoms with Crippen LogP contribution in [0.3, 0.4) is 0 Å². The van der Waals surface area contributed by atoms with E-state index in [1.54, 1.807) is 0 Å². The SMILES string of the molecule is C[C@H]1[C@@H](F)O[C@@H]2O[C@@]3(C)CC[C@H]4[C@H](C)CC[C@@H]1[C@@]24OO3. The molecule has 5 aliphatic rings. The van der Waals surface area contributed by atoms with Crippen LogP contribution < -0.4 is 0 Å². The van der Waals surface area contributed by atoms with Crippen LogP contribution >= 0.6 is 0 Å². The zero-order valence-electron chi connectivity index (χ0n) is 12.3. The van der Waals surface area contributed by atoms with E-state index in [4.69, 9.17) is 19.2 Å². The molecule has 0 radical (unpaired) electrons. The first-order valence-electron chi connectivity index (χ1n) is 7.80. The quantitative estimate of drug-likeness (QED) is 0.641. The average Bonchev–Trinajstić information content (AvgIpc) is 2.63. The molecule has 4 aliphatic heterocycles. The molecule has 4 saturated heterocycles. The Labute approximate surface area is 118 Å². The fourth-order valence-electron chi connectivity index (χ4n) is 4.86. The predicted molar refractivity (Wildman–Crippen MR) is 67.9 cm³/mol. The summed E-state index contributed by atoms with van der Waals surface area (Å²) in [6, 6.07) is 0. The molecule has 5 rings (SSSR count). The van der Waals surface area contributed by atoms with E-state index < -0.39 is 24.0 Å². The zero-order valence-corrected chi connectivity index (χ0v) is 12.3. The maximum Gasteiger partial charge on any atom is 0.204 e. The van der Waals surface area contributed by atoms with Gasteiger partial charge >= 0.3 is 0 Å². The zero-order chi connectivity index (χ0) is 14.1. The molecule has 0 aromatic heterocycles. The summed E-state index contributed by atoms with van der Waals surface area (Å²) in [6.07, 6.45) is 1.88. The van der Waals surface area contributed by atoms with Crippen molar-refractivity contribution < 1.29 is 23.6 Å². The number of hydrogen-bond acceptors (Lipinski definition) is 4. The van der Waals surface area contributed by atoms with E-state index in [1.165, 1.54) is 0 Å². The van der Waals surface area contributed by atoms with Crippen LogP contribution in [0.15, 0.2) is 0 Å². The third-order valence-electron chi connectivity index (χ3n) is 6.08. The van der Waals surface area contributed by atoms with Crippen molar-refractivity contribution in [3.8, 4) is 0 Å². The standard InChI is InChI=1S/C15H23FO4/c1-8-4-5-11-9(2)12(16)17-13-15(11)10(8)6-7-14(3,18-13)19-20-15/h8-13H,4-7H2,1-3H3/t8-,9-,10+,11+,12+,13-,14-,15-/m1/s1. The molecule has 1 spiro atoms. The highest BCUT2D eigenvalue weighted by molar-refractivity contribution is 5.08. The van der Waals surface area contributed by atoms with Crippen molar-refractivity contribution in [2.45, 2.75) is 70.5 Å². The molecule has 114 valence electrons. The summed E-state index contributed by atoms with van der Waals surface area (Å²) in [4.78, 5) is 11.5. The van der Waals surface area contributed by atoms with Gasteiger partial charge in [0.15, 0.2) is 11.9 Å². The fourth-order valence-corrected chi connectivity index (χ4v) is 4.86. The van der Waals surface area contributed by atoms with Gasteiger partial charge < -0.3 is 9.47 Å². The molecule has 0 N–H and O–H groups in total. The van der Waals surface area contributed by atoms with Crippen LogP contribution in [0.4, 0.5) is 4.39 Å². The van der Waals surface area contributed by atoms with E-state index >= 15 is 0 Å². The Kier molecular flexibility index (Phi) is 2.79. The van der Waals surface area contributed by atoms with Gasteiger partial charge in [-0.25, -0.2) is 14.2 Å². The van der Waals surface area contributed by atoms with Crippen LogP contribution in [0, 0.1) is 23.7 Å². The van der Waals surface area contributed by atoms with Crippen LogP contribution in [0.5, 0.6) is 0 Å². The summed E-state index contributed by atoms with van der Waals surface area (Å²) >= 11 is 0. The van der Waals surface area contributed by atoms with Gasteiger partial charge in [-0.05, 0) is 38.0 Å². The lowest BCUT2D eigenvalue weighted by atomic mass is 9.58. The van der Waals surface area contributed by atoms with Gasteiger partial charge in [0.25, 0.3) is 0 Å². The molecule has 4 nitrogen and oxygen atoms in total. The Hall–Kier alpha value is -0.230. The average molecular weight is 286 g/mol. The van der Waals surface area contributed by atoms with E-state index in [0.717, 1.165) is 25.7 Å². The van der Waals surface area contributed by atoms with E-state index in [9.17, 15) is 4.39 Å². The van der Waals surface area contributed by atoms with Crippen molar-refractivity contribution in [3.05, 3.63) is 0 Å². The molecule has 5 fully saturated rings. The van der Waals surface area contributed by atoms with Crippen LogP contribution in [0.25, 0.3) is 0 Å². The van der Waals surface area contributed by atoms with Crippen molar-refractivity contribution in [2.75, 3.05) is 0 Å². The predicted octanol–water partition coefficient (Wildman–Crippen LogP) is 3.16. The van der Waals surface area contributed by atoms with Crippen molar-refractivity contribution in [2.24, 2.45) is 23.7 Å². The Balaban J connectivity index is 1.82. The third kappa shape index (κ3) is 1.55. The summed E-state index contributed by atoms with van der Waals surface area (Å²) in [5, 5.41) is 0. The lowest BCUT2D eigenvalue weighted by molar-refractivity contribution is -0.574. The molecule has 0 amide bonds. The van der Waals surface area contributed by atoms with Gasteiger partial charge in [-0.1, -0.05) is 13.8 Å². The minimum absolute atomic E-state index is 0.0973. The molecule has 4 heterocycles. The monoisotopic (exact) mass is 286 g/mol. The number of hydrogen-bond donors (Lipinski definition) is 0. The summed E-state index contributed by atoms with van der Waals surface area (Å²) in [6.45, 7) is 6.02. The Morgan fingerprint density at radius 1 is 1.05 bits per heavy atom. The molecule has 1 saturated carbocycles. The van der Waals surface area contributed by atoms with Gasteiger partial charge in [-0.15, -0.1) is 0 Å². The van der Waals surface area contributed by atoms with Crippen LogP contribution in [-0.4, -0.2) is 24.0 Å². The number of fused-ring (bicyclic) bond motifs is 2. The molecule has 8 atom stereocenters. The van der Waals surface area contributed by atoms with E-state index in [2.05, 4.69) is 6.92 Å². The number of alkyl halides is 1. The molecule has 0 unspecified atom stereocenters. The molecule has 1 aliphatic carbocycles. The Morgan fingerprint density at radius 2 is 1.85 bits per heavy atom. The highest BCUT2D eigenvalue weighted by Gasteiger charge is 2.69. The van der Waals surface area contributed by atoms with Crippen LogP contribution in [0.2, 0.25) is 0 Å². The minimum Gasteiger partial charge on any atom is -0.315 e. The van der Waals surface area contributed by atoms with Crippen molar-refractivity contribution in [1.82, 2.24) is 0 Å². The number of rotatable bonds is 0. The third-order valence-corrected chi connectivity index (χ3v) is 6.08. The first-order valence-corrected chi connectivity index (χ1v) is 7.80. The summed E-state index contributed by atoms with van der Waals surface area (Å²) in [5.41, 5.74) is -0.629. The van der Waals surface area contributed by atoms with E-state index in [1.807, 2.05) is 13.8 Å².